The van der Waals surface area contributed by atoms with E-state index in [0.717, 1.165) is 41.0 Å². The van der Waals surface area contributed by atoms with Crippen molar-refractivity contribution in [1.82, 2.24) is 4.90 Å². The van der Waals surface area contributed by atoms with Gasteiger partial charge in [-0.1, -0.05) is 12.1 Å². The molecule has 0 fully saturated rings. The predicted octanol–water partition coefficient (Wildman–Crippen LogP) is 3.22. The number of ether oxygens (including phenoxy) is 3. The molecule has 0 aliphatic carbocycles. The Morgan fingerprint density at radius 3 is 2.61 bits per heavy atom. The fraction of sp³-hybridized carbons (Fsp3) is 0.333. The van der Waals surface area contributed by atoms with E-state index >= 15 is 0 Å². The van der Waals surface area contributed by atoms with E-state index in [1.807, 2.05) is 31.2 Å². The van der Waals surface area contributed by atoms with Crippen LogP contribution < -0.4 is 15.1 Å². The largest absolute Gasteiger partial charge is 0.497 e. The zero-order valence-electron chi connectivity index (χ0n) is 17.9. The molecule has 0 unspecified atom stereocenters. The minimum atomic E-state index is -0.515. The third-order valence-electron chi connectivity index (χ3n) is 5.72. The monoisotopic (exact) mass is 423 g/mol. The van der Waals surface area contributed by atoms with Gasteiger partial charge in [-0.2, -0.15) is 0 Å². The maximum absolute atomic E-state index is 12.6. The van der Waals surface area contributed by atoms with Crippen LogP contribution >= 0.6 is 0 Å². The van der Waals surface area contributed by atoms with Crippen LogP contribution in [0.1, 0.15) is 22.3 Å². The van der Waals surface area contributed by atoms with Gasteiger partial charge in [0, 0.05) is 18.5 Å². The van der Waals surface area contributed by atoms with Crippen LogP contribution in [-0.4, -0.2) is 38.4 Å². The van der Waals surface area contributed by atoms with Gasteiger partial charge in [-0.25, -0.2) is 4.79 Å². The summed E-state index contributed by atoms with van der Waals surface area (Å²) in [7, 11) is 2.95. The minimum absolute atomic E-state index is 0.109. The van der Waals surface area contributed by atoms with Gasteiger partial charge in [-0.3, -0.25) is 9.69 Å². The summed E-state index contributed by atoms with van der Waals surface area (Å²) in [5.41, 5.74) is 3.12. The maximum atomic E-state index is 12.6. The number of benzene rings is 2. The number of carbonyl (C=O) groups is 1. The molecule has 1 aliphatic heterocycles. The Morgan fingerprint density at radius 1 is 1.13 bits per heavy atom. The molecule has 0 radical (unpaired) electrons. The van der Waals surface area contributed by atoms with Crippen LogP contribution in [0.4, 0.5) is 0 Å². The second-order valence-corrected chi connectivity index (χ2v) is 7.59. The van der Waals surface area contributed by atoms with Gasteiger partial charge < -0.3 is 18.6 Å². The highest BCUT2D eigenvalue weighted by atomic mass is 16.5. The van der Waals surface area contributed by atoms with E-state index in [0.29, 0.717) is 24.4 Å². The lowest BCUT2D eigenvalue weighted by Gasteiger charge is -2.29. The number of nitrogens with zero attached hydrogens (tertiary/aromatic N) is 1. The van der Waals surface area contributed by atoms with Gasteiger partial charge in [0.25, 0.3) is 0 Å². The Bertz CT molecular complexity index is 1170. The van der Waals surface area contributed by atoms with Gasteiger partial charge in [-0.05, 0) is 48.7 Å². The van der Waals surface area contributed by atoms with Crippen molar-refractivity contribution in [2.24, 2.45) is 0 Å². The van der Waals surface area contributed by atoms with Gasteiger partial charge in [-0.15, -0.1) is 0 Å². The SMILES string of the molecule is COC(=O)Cc1c(C)c2ccc3c(c2oc1=O)CN(CCc1ccc(OC)cc1)CO3. The molecule has 162 valence electrons. The van der Waals surface area contributed by atoms with Gasteiger partial charge >= 0.3 is 11.6 Å². The summed E-state index contributed by atoms with van der Waals surface area (Å²) in [5, 5.41) is 0.804. The van der Waals surface area contributed by atoms with Crippen LogP contribution in [0.25, 0.3) is 11.0 Å². The van der Waals surface area contributed by atoms with Crippen LogP contribution in [0.5, 0.6) is 11.5 Å². The Labute approximate surface area is 180 Å². The standard InChI is InChI=1S/C24H25NO6/c1-15-18-8-9-21-20(23(18)31-24(27)19(15)12-22(26)29-3)13-25(14-30-21)11-10-16-4-6-17(28-2)7-5-16/h4-9H,10-14H2,1-3H3. The highest BCUT2D eigenvalue weighted by Gasteiger charge is 2.24. The van der Waals surface area contributed by atoms with E-state index in [2.05, 4.69) is 17.0 Å². The van der Waals surface area contributed by atoms with Crippen LogP contribution in [0.2, 0.25) is 0 Å². The summed E-state index contributed by atoms with van der Waals surface area (Å²) in [5.74, 6) is 1.08. The van der Waals surface area contributed by atoms with Gasteiger partial charge in [0.15, 0.2) is 0 Å². The Balaban J connectivity index is 1.58. The summed E-state index contributed by atoms with van der Waals surface area (Å²) in [6.07, 6.45) is 0.752. The molecular formula is C24H25NO6. The van der Waals surface area contributed by atoms with Crippen molar-refractivity contribution in [2.45, 2.75) is 26.3 Å². The van der Waals surface area contributed by atoms with Crippen molar-refractivity contribution in [3.05, 3.63) is 69.1 Å². The lowest BCUT2D eigenvalue weighted by molar-refractivity contribution is -0.139. The van der Waals surface area contributed by atoms with E-state index < -0.39 is 11.6 Å². The Morgan fingerprint density at radius 2 is 1.90 bits per heavy atom. The summed E-state index contributed by atoms with van der Waals surface area (Å²) in [4.78, 5) is 26.5. The molecule has 7 heteroatoms. The van der Waals surface area contributed by atoms with Crippen LogP contribution in [-0.2, 0) is 28.9 Å². The van der Waals surface area contributed by atoms with Crippen molar-refractivity contribution in [2.75, 3.05) is 27.5 Å². The Hall–Kier alpha value is -3.32. The fourth-order valence-corrected chi connectivity index (χ4v) is 3.85. The minimum Gasteiger partial charge on any atom is -0.497 e. The number of hydrogen-bond donors (Lipinski definition) is 0. The lowest BCUT2D eigenvalue weighted by Crippen LogP contribution is -2.33. The average molecular weight is 423 g/mol. The van der Waals surface area contributed by atoms with Gasteiger partial charge in [0.1, 0.15) is 23.8 Å². The molecular weight excluding hydrogens is 398 g/mol. The molecule has 0 spiro atoms. The van der Waals surface area contributed by atoms with Crippen molar-refractivity contribution >= 4 is 16.9 Å². The first-order chi connectivity index (χ1) is 15.0. The van der Waals surface area contributed by atoms with Crippen LogP contribution in [0.3, 0.4) is 0 Å². The van der Waals surface area contributed by atoms with Crippen molar-refractivity contribution in [1.29, 1.82) is 0 Å². The Kier molecular flexibility index (Phi) is 5.95. The zero-order chi connectivity index (χ0) is 22.0. The number of rotatable bonds is 6. The molecule has 1 aromatic heterocycles. The molecule has 31 heavy (non-hydrogen) atoms. The molecule has 1 aliphatic rings. The molecule has 0 saturated heterocycles. The third kappa shape index (κ3) is 4.27. The highest BCUT2D eigenvalue weighted by molar-refractivity contribution is 5.87. The third-order valence-corrected chi connectivity index (χ3v) is 5.72. The molecule has 0 amide bonds. The molecule has 0 saturated carbocycles. The zero-order valence-corrected chi connectivity index (χ0v) is 17.9. The smallest absolute Gasteiger partial charge is 0.340 e. The number of fused-ring (bicyclic) bond motifs is 3. The number of hydrogen-bond acceptors (Lipinski definition) is 7. The number of carbonyl (C=O) groups excluding carboxylic acids is 1. The predicted molar refractivity (Wildman–Crippen MR) is 116 cm³/mol. The van der Waals surface area contributed by atoms with E-state index in [1.165, 1.54) is 12.7 Å². The highest BCUT2D eigenvalue weighted by Crippen LogP contribution is 2.33. The summed E-state index contributed by atoms with van der Waals surface area (Å²) in [6, 6.07) is 11.8. The van der Waals surface area contributed by atoms with Gasteiger partial charge in [0.2, 0.25) is 0 Å². The first-order valence-corrected chi connectivity index (χ1v) is 10.1. The summed E-state index contributed by atoms with van der Waals surface area (Å²) >= 11 is 0. The molecule has 0 N–H and O–H groups in total. The second-order valence-electron chi connectivity index (χ2n) is 7.59. The van der Waals surface area contributed by atoms with Crippen molar-refractivity contribution in [3.8, 4) is 11.5 Å². The molecule has 2 heterocycles. The van der Waals surface area contributed by atoms with Crippen LogP contribution in [0, 0.1) is 6.92 Å². The molecule has 4 rings (SSSR count). The fourth-order valence-electron chi connectivity index (χ4n) is 3.85. The second kappa shape index (κ2) is 8.81. The average Bonchev–Trinajstić information content (AvgIpc) is 2.80. The van der Waals surface area contributed by atoms with Crippen molar-refractivity contribution in [3.63, 3.8) is 0 Å². The molecule has 7 nitrogen and oxygen atoms in total. The lowest BCUT2D eigenvalue weighted by atomic mass is 10.00. The number of aryl methyl sites for hydroxylation is 1. The molecule has 2 aromatic carbocycles. The summed E-state index contributed by atoms with van der Waals surface area (Å²) < 4.78 is 21.5. The maximum Gasteiger partial charge on any atom is 0.340 e. The quantitative estimate of drug-likeness (QED) is 0.445. The van der Waals surface area contributed by atoms with E-state index in [-0.39, 0.29) is 6.42 Å². The van der Waals surface area contributed by atoms with E-state index in [9.17, 15) is 9.59 Å². The van der Waals surface area contributed by atoms with E-state index in [1.54, 1.807) is 7.11 Å². The molecule has 0 atom stereocenters. The number of methoxy groups -OCH3 is 2. The number of esters is 1. The van der Waals surface area contributed by atoms with Gasteiger partial charge in [0.05, 0.1) is 31.8 Å². The normalized spacial score (nSPS) is 13.5. The molecule has 3 aromatic rings. The van der Waals surface area contributed by atoms with Crippen molar-refractivity contribution < 1.29 is 23.4 Å². The topological polar surface area (TPSA) is 78.2 Å². The van der Waals surface area contributed by atoms with E-state index in [4.69, 9.17) is 18.6 Å². The molecule has 0 bridgehead atoms. The first kappa shape index (κ1) is 20.9. The summed E-state index contributed by atoms with van der Waals surface area (Å²) in [6.45, 7) is 3.71. The first-order valence-electron chi connectivity index (χ1n) is 10.1. The van der Waals surface area contributed by atoms with Crippen LogP contribution in [0.15, 0.2) is 45.6 Å².